The highest BCUT2D eigenvalue weighted by atomic mass is 16.6. The van der Waals surface area contributed by atoms with Crippen LogP contribution in [0.15, 0.2) is 18.7 Å². The Labute approximate surface area is 144 Å². The summed E-state index contributed by atoms with van der Waals surface area (Å²) in [5.41, 5.74) is 0.607. The molecule has 136 valence electrons. The Kier molecular flexibility index (Phi) is 10.5. The maximum absolute atomic E-state index is 11.6. The van der Waals surface area contributed by atoms with Gasteiger partial charge in [0, 0.05) is 33.2 Å². The zero-order valence-electron chi connectivity index (χ0n) is 15.5. The second kappa shape index (κ2) is 11.5. The van der Waals surface area contributed by atoms with Crippen molar-refractivity contribution in [2.24, 2.45) is 0 Å². The molecule has 0 radical (unpaired) electrons. The van der Waals surface area contributed by atoms with Gasteiger partial charge in [-0.05, 0) is 46.1 Å². The Morgan fingerprint density at radius 3 is 2.21 bits per heavy atom. The first kappa shape index (κ1) is 22.0. The Hall–Kier alpha value is -2.02. The van der Waals surface area contributed by atoms with Gasteiger partial charge >= 0.3 is 6.09 Å². The minimum absolute atomic E-state index is 0.287. The molecule has 0 aliphatic carbocycles. The lowest BCUT2D eigenvalue weighted by atomic mass is 10.2. The summed E-state index contributed by atoms with van der Waals surface area (Å²) in [6.45, 7) is 8.03. The molecular formula is C17H29N3O4. The van der Waals surface area contributed by atoms with Gasteiger partial charge in [-0.2, -0.15) is 0 Å². The molecule has 2 rings (SSSR count). The smallest absolute Gasteiger partial charge is 0.410 e. The van der Waals surface area contributed by atoms with Crippen molar-refractivity contribution in [1.29, 1.82) is 0 Å². The predicted octanol–water partition coefficient (Wildman–Crippen LogP) is 2.63. The topological polar surface area (TPSA) is 81.6 Å². The second-order valence-electron chi connectivity index (χ2n) is 6.34. The van der Waals surface area contributed by atoms with E-state index >= 15 is 0 Å². The number of carbonyl (C=O) groups is 2. The number of amides is 1. The highest BCUT2D eigenvalue weighted by Gasteiger charge is 2.31. The number of likely N-dealkylation sites (tertiary alicyclic amines) is 1. The van der Waals surface area contributed by atoms with Crippen molar-refractivity contribution in [3.05, 3.63) is 24.3 Å². The maximum atomic E-state index is 11.6. The van der Waals surface area contributed by atoms with Crippen molar-refractivity contribution in [1.82, 2.24) is 14.9 Å². The Bertz CT molecular complexity index is 474. The van der Waals surface area contributed by atoms with Crippen LogP contribution in [0, 0.1) is 6.92 Å². The Morgan fingerprint density at radius 2 is 1.83 bits per heavy atom. The minimum atomic E-state index is -0.493. The summed E-state index contributed by atoms with van der Waals surface area (Å²) in [4.78, 5) is 31.3. The first-order valence-corrected chi connectivity index (χ1v) is 7.81. The third kappa shape index (κ3) is 9.89. The van der Waals surface area contributed by atoms with Crippen LogP contribution in [-0.2, 0) is 14.3 Å². The van der Waals surface area contributed by atoms with Gasteiger partial charge in [0.15, 0.2) is 0 Å². The molecule has 1 aliphatic rings. The Balaban J connectivity index is 0.000000439. The molecule has 1 aliphatic heterocycles. The summed E-state index contributed by atoms with van der Waals surface area (Å²) in [7, 11) is 3.25. The molecule has 1 saturated heterocycles. The van der Waals surface area contributed by atoms with Crippen LogP contribution in [0.2, 0.25) is 0 Å². The molecule has 0 saturated carbocycles. The molecule has 1 aromatic heterocycles. The fourth-order valence-corrected chi connectivity index (χ4v) is 1.85. The molecule has 7 nitrogen and oxygen atoms in total. The summed E-state index contributed by atoms with van der Waals surface area (Å²) < 4.78 is 9.43. The minimum Gasteiger partial charge on any atom is -0.444 e. The van der Waals surface area contributed by atoms with Crippen molar-refractivity contribution in [3.63, 3.8) is 0 Å². The molecular weight excluding hydrogens is 310 g/mol. The maximum Gasteiger partial charge on any atom is 0.410 e. The number of hydrogen-bond donors (Lipinski definition) is 0. The lowest BCUT2D eigenvalue weighted by Gasteiger charge is -2.26. The van der Waals surface area contributed by atoms with E-state index in [4.69, 9.17) is 4.74 Å². The largest absolute Gasteiger partial charge is 0.444 e. The van der Waals surface area contributed by atoms with Gasteiger partial charge in [0.1, 0.15) is 18.2 Å². The molecule has 1 unspecified atom stereocenters. The number of hydrogen-bond acceptors (Lipinski definition) is 6. The Morgan fingerprint density at radius 1 is 1.29 bits per heavy atom. The van der Waals surface area contributed by atoms with Gasteiger partial charge in [-0.1, -0.05) is 0 Å². The molecule has 1 atom stereocenters. The van der Waals surface area contributed by atoms with Gasteiger partial charge in [-0.3, -0.25) is 4.90 Å². The van der Waals surface area contributed by atoms with Crippen molar-refractivity contribution in [2.75, 3.05) is 20.8 Å². The molecule has 7 heteroatoms. The van der Waals surface area contributed by atoms with Crippen LogP contribution in [0.4, 0.5) is 4.79 Å². The standard InChI is InChI=1S/C10H17NO3.C5H6N2.C2H6O/c1-10(2,3)14-9(13)11-6-4-5-8(11)7-12;1-5-2-6-4-7-3-5;1-3-2/h7-8H,4-6H2,1-3H3;2-4H,1H3;1-2H3. The first-order chi connectivity index (χ1) is 11.2. The first-order valence-electron chi connectivity index (χ1n) is 7.81. The van der Waals surface area contributed by atoms with Crippen molar-refractivity contribution in [2.45, 2.75) is 52.2 Å². The number of aryl methyl sites for hydroxylation is 1. The van der Waals surface area contributed by atoms with E-state index in [2.05, 4.69) is 14.7 Å². The van der Waals surface area contributed by atoms with Crippen LogP contribution < -0.4 is 0 Å². The number of methoxy groups -OCH3 is 1. The average Bonchev–Trinajstić information content (AvgIpc) is 2.96. The third-order valence-corrected chi connectivity index (χ3v) is 2.77. The summed E-state index contributed by atoms with van der Waals surface area (Å²) >= 11 is 0. The fourth-order valence-electron chi connectivity index (χ4n) is 1.85. The van der Waals surface area contributed by atoms with Crippen LogP contribution >= 0.6 is 0 Å². The number of aromatic nitrogens is 2. The number of aldehydes is 1. The average molecular weight is 339 g/mol. The van der Waals surface area contributed by atoms with Gasteiger partial charge in [-0.15, -0.1) is 0 Å². The van der Waals surface area contributed by atoms with Crippen LogP contribution in [0.1, 0.15) is 39.2 Å². The molecule has 1 aromatic rings. The lowest BCUT2D eigenvalue weighted by molar-refractivity contribution is -0.111. The van der Waals surface area contributed by atoms with Gasteiger partial charge in [-0.25, -0.2) is 14.8 Å². The molecule has 24 heavy (non-hydrogen) atoms. The number of rotatable bonds is 1. The number of carbonyl (C=O) groups excluding carboxylic acids is 2. The van der Waals surface area contributed by atoms with Crippen molar-refractivity contribution < 1.29 is 19.1 Å². The van der Waals surface area contributed by atoms with Crippen molar-refractivity contribution in [3.8, 4) is 0 Å². The zero-order valence-corrected chi connectivity index (χ0v) is 15.5. The van der Waals surface area contributed by atoms with E-state index in [1.165, 1.54) is 11.2 Å². The van der Waals surface area contributed by atoms with E-state index in [1.54, 1.807) is 26.6 Å². The van der Waals surface area contributed by atoms with Gasteiger partial charge in [0.25, 0.3) is 0 Å². The number of nitrogens with zero attached hydrogens (tertiary/aromatic N) is 3. The molecule has 2 heterocycles. The fraction of sp³-hybridized carbons (Fsp3) is 0.647. The quantitative estimate of drug-likeness (QED) is 0.732. The zero-order chi connectivity index (χ0) is 18.6. The van der Waals surface area contributed by atoms with Gasteiger partial charge in [0.2, 0.25) is 0 Å². The summed E-state index contributed by atoms with van der Waals surface area (Å²) in [5.74, 6) is 0. The van der Waals surface area contributed by atoms with E-state index in [-0.39, 0.29) is 12.1 Å². The molecule has 0 bridgehead atoms. The van der Waals surface area contributed by atoms with Crippen molar-refractivity contribution >= 4 is 12.4 Å². The monoisotopic (exact) mass is 339 g/mol. The van der Waals surface area contributed by atoms with Crippen LogP contribution in [0.25, 0.3) is 0 Å². The second-order valence-corrected chi connectivity index (χ2v) is 6.34. The van der Waals surface area contributed by atoms with E-state index < -0.39 is 5.60 Å². The molecule has 0 N–H and O–H groups in total. The molecule has 1 amide bonds. The van der Waals surface area contributed by atoms with E-state index in [1.807, 2.05) is 27.7 Å². The summed E-state index contributed by atoms with van der Waals surface area (Å²) in [5, 5.41) is 0. The molecule has 1 fully saturated rings. The highest BCUT2D eigenvalue weighted by Crippen LogP contribution is 2.19. The summed E-state index contributed by atoms with van der Waals surface area (Å²) in [6.07, 6.45) is 7.13. The van der Waals surface area contributed by atoms with E-state index in [0.717, 1.165) is 24.7 Å². The van der Waals surface area contributed by atoms with Crippen LogP contribution in [0.3, 0.4) is 0 Å². The highest BCUT2D eigenvalue weighted by molar-refractivity contribution is 5.74. The third-order valence-electron chi connectivity index (χ3n) is 2.77. The van der Waals surface area contributed by atoms with Gasteiger partial charge in [0.05, 0.1) is 6.04 Å². The SMILES string of the molecule is CC(C)(C)OC(=O)N1CCCC1C=O.COC.Cc1cncnc1. The van der Waals surface area contributed by atoms with E-state index in [0.29, 0.717) is 6.54 Å². The van der Waals surface area contributed by atoms with Crippen LogP contribution in [-0.4, -0.2) is 59.7 Å². The number of ether oxygens (including phenoxy) is 2. The normalized spacial score (nSPS) is 16.2. The molecule has 0 spiro atoms. The van der Waals surface area contributed by atoms with Gasteiger partial charge < -0.3 is 14.3 Å². The summed E-state index contributed by atoms with van der Waals surface area (Å²) in [6, 6.07) is -0.287. The van der Waals surface area contributed by atoms with Crippen LogP contribution in [0.5, 0.6) is 0 Å². The lowest BCUT2D eigenvalue weighted by Crippen LogP contribution is -2.40. The predicted molar refractivity (Wildman–Crippen MR) is 91.7 cm³/mol. The van der Waals surface area contributed by atoms with E-state index in [9.17, 15) is 9.59 Å². The molecule has 0 aromatic carbocycles.